The van der Waals surface area contributed by atoms with Crippen molar-refractivity contribution >= 4 is 16.9 Å². The maximum absolute atomic E-state index is 13.1. The van der Waals surface area contributed by atoms with Crippen LogP contribution in [0.15, 0.2) is 52.1 Å². The molecular formula is C21H18FN5O4. The van der Waals surface area contributed by atoms with Crippen LogP contribution in [0.1, 0.15) is 5.56 Å². The Morgan fingerprint density at radius 2 is 1.81 bits per heavy atom. The number of nitrogens with two attached hydrogens (primary N) is 1. The highest BCUT2D eigenvalue weighted by Crippen LogP contribution is 2.31. The molecule has 4 rings (SSSR count). The minimum absolute atomic E-state index is 0.0405. The highest BCUT2D eigenvalue weighted by molar-refractivity contribution is 5.85. The highest BCUT2D eigenvalue weighted by Gasteiger charge is 2.17. The number of halogens is 1. The van der Waals surface area contributed by atoms with Crippen molar-refractivity contribution in [3.8, 4) is 28.6 Å². The normalized spacial score (nSPS) is 10.9. The first-order chi connectivity index (χ1) is 15.0. The smallest absolute Gasteiger partial charge is 0.354 e. The quantitative estimate of drug-likeness (QED) is 0.504. The van der Waals surface area contributed by atoms with Crippen molar-refractivity contribution in [3.05, 3.63) is 68.9 Å². The topological polar surface area (TPSA) is 125 Å². The lowest BCUT2D eigenvalue weighted by Gasteiger charge is -2.13. The van der Waals surface area contributed by atoms with E-state index in [0.717, 1.165) is 4.57 Å². The maximum Gasteiger partial charge on any atom is 0.354 e. The van der Waals surface area contributed by atoms with Gasteiger partial charge in [-0.15, -0.1) is 0 Å². The summed E-state index contributed by atoms with van der Waals surface area (Å²) in [6.07, 6.45) is 0. The molecule has 0 saturated carbocycles. The van der Waals surface area contributed by atoms with Gasteiger partial charge in [0.2, 0.25) is 0 Å². The van der Waals surface area contributed by atoms with Crippen LogP contribution in [0.3, 0.4) is 0 Å². The van der Waals surface area contributed by atoms with Gasteiger partial charge in [0.25, 0.3) is 5.56 Å². The highest BCUT2D eigenvalue weighted by atomic mass is 19.1. The number of ether oxygens (including phenoxy) is 2. The number of anilines is 1. The first-order valence-electron chi connectivity index (χ1n) is 9.17. The molecule has 158 valence electrons. The van der Waals surface area contributed by atoms with Gasteiger partial charge >= 0.3 is 5.69 Å². The third-order valence-electron chi connectivity index (χ3n) is 4.76. The molecule has 0 aliphatic rings. The fourth-order valence-electron chi connectivity index (χ4n) is 3.25. The first kappa shape index (κ1) is 20.1. The van der Waals surface area contributed by atoms with E-state index in [1.165, 1.54) is 20.3 Å². The Morgan fingerprint density at radius 3 is 2.52 bits per heavy atom. The zero-order valence-electron chi connectivity index (χ0n) is 16.7. The van der Waals surface area contributed by atoms with E-state index in [4.69, 9.17) is 15.2 Å². The molecule has 0 aliphatic carbocycles. The molecule has 0 atom stereocenters. The third-order valence-corrected chi connectivity index (χ3v) is 4.76. The number of aromatic amines is 1. The summed E-state index contributed by atoms with van der Waals surface area (Å²) in [6, 6.07) is 11.3. The summed E-state index contributed by atoms with van der Waals surface area (Å²) in [5.74, 6) is 1.08. The second-order valence-corrected chi connectivity index (χ2v) is 6.60. The van der Waals surface area contributed by atoms with Crippen molar-refractivity contribution in [2.75, 3.05) is 20.0 Å². The molecule has 0 radical (unpaired) electrons. The minimum atomic E-state index is -0.771. The van der Waals surface area contributed by atoms with E-state index in [2.05, 4.69) is 15.0 Å². The van der Waals surface area contributed by atoms with E-state index in [0.29, 0.717) is 28.3 Å². The van der Waals surface area contributed by atoms with Crippen LogP contribution < -0.4 is 26.5 Å². The Hall–Kier alpha value is -4.21. The number of alkyl halides is 1. The number of benzene rings is 2. The lowest BCUT2D eigenvalue weighted by atomic mass is 10.2. The molecule has 2 aromatic heterocycles. The number of aromatic nitrogens is 4. The monoisotopic (exact) mass is 423 g/mol. The van der Waals surface area contributed by atoms with Crippen molar-refractivity contribution in [2.45, 2.75) is 6.67 Å². The number of rotatable bonds is 5. The van der Waals surface area contributed by atoms with Crippen LogP contribution >= 0.6 is 0 Å². The number of hydrogen-bond donors (Lipinski definition) is 2. The van der Waals surface area contributed by atoms with E-state index in [1.807, 2.05) is 0 Å². The molecule has 0 spiro atoms. The van der Waals surface area contributed by atoms with Crippen molar-refractivity contribution in [3.63, 3.8) is 0 Å². The predicted octanol–water partition coefficient (Wildman–Crippen LogP) is 2.20. The van der Waals surface area contributed by atoms with Gasteiger partial charge in [-0.1, -0.05) is 12.1 Å². The first-order valence-corrected chi connectivity index (χ1v) is 9.17. The predicted molar refractivity (Wildman–Crippen MR) is 114 cm³/mol. The van der Waals surface area contributed by atoms with E-state index < -0.39 is 17.9 Å². The molecule has 10 heteroatoms. The summed E-state index contributed by atoms with van der Waals surface area (Å²) < 4.78 is 24.7. The molecule has 0 bridgehead atoms. The van der Waals surface area contributed by atoms with E-state index >= 15 is 0 Å². The average Bonchev–Trinajstić information content (AvgIpc) is 2.79. The second kappa shape index (κ2) is 7.90. The molecule has 9 nitrogen and oxygen atoms in total. The summed E-state index contributed by atoms with van der Waals surface area (Å²) in [4.78, 5) is 36.1. The van der Waals surface area contributed by atoms with Gasteiger partial charge in [-0.25, -0.2) is 18.7 Å². The van der Waals surface area contributed by atoms with E-state index in [1.54, 1.807) is 36.4 Å². The zero-order chi connectivity index (χ0) is 22.1. The van der Waals surface area contributed by atoms with Gasteiger partial charge < -0.3 is 20.2 Å². The molecule has 0 unspecified atom stereocenters. The summed E-state index contributed by atoms with van der Waals surface area (Å²) in [6.45, 7) is -0.703. The standard InChI is InChI=1S/C21H18FN5O4/c1-30-14-7-6-12(9-15(14)31-2)19-24-16-17(20(28)26-19)25-21(29)27(18(16)23)13-5-3-4-11(8-13)10-22/h3-9H,10,23H2,1-2H3,(H,24,26,28). The molecule has 0 aliphatic heterocycles. The molecule has 0 amide bonds. The van der Waals surface area contributed by atoms with Gasteiger partial charge in [0.15, 0.2) is 17.0 Å². The lowest BCUT2D eigenvalue weighted by Crippen LogP contribution is -2.27. The van der Waals surface area contributed by atoms with Crippen molar-refractivity contribution < 1.29 is 13.9 Å². The number of nitrogen functional groups attached to an aromatic ring is 1. The van der Waals surface area contributed by atoms with Gasteiger partial charge in [-0.2, -0.15) is 4.98 Å². The Bertz CT molecular complexity index is 1410. The Labute approximate surface area is 174 Å². The fourth-order valence-corrected chi connectivity index (χ4v) is 3.25. The molecule has 0 saturated heterocycles. The van der Waals surface area contributed by atoms with Crippen LogP contribution in [0.2, 0.25) is 0 Å². The van der Waals surface area contributed by atoms with E-state index in [9.17, 15) is 14.0 Å². The lowest BCUT2D eigenvalue weighted by molar-refractivity contribution is 0.355. The second-order valence-electron chi connectivity index (χ2n) is 6.60. The molecule has 3 N–H and O–H groups in total. The number of fused-ring (bicyclic) bond motifs is 1. The summed E-state index contributed by atoms with van der Waals surface area (Å²) >= 11 is 0. The van der Waals surface area contributed by atoms with Crippen molar-refractivity contribution in [1.29, 1.82) is 0 Å². The molecule has 0 fully saturated rings. The zero-order valence-corrected chi connectivity index (χ0v) is 16.7. The fraction of sp³-hybridized carbons (Fsp3) is 0.143. The summed E-state index contributed by atoms with van der Waals surface area (Å²) in [5.41, 5.74) is 5.91. The minimum Gasteiger partial charge on any atom is -0.493 e. The Morgan fingerprint density at radius 1 is 1.03 bits per heavy atom. The van der Waals surface area contributed by atoms with Gasteiger partial charge in [-0.05, 0) is 35.9 Å². The molecule has 31 heavy (non-hydrogen) atoms. The summed E-state index contributed by atoms with van der Waals surface area (Å²) in [7, 11) is 3.00. The largest absolute Gasteiger partial charge is 0.493 e. The number of nitrogens with one attached hydrogen (secondary N) is 1. The third kappa shape index (κ3) is 3.48. The number of methoxy groups -OCH3 is 2. The molecule has 2 heterocycles. The SMILES string of the molecule is COc1ccc(-c2nc3c(N)n(-c4cccc(CF)c4)c(=O)nc3c(=O)[nH]2)cc1OC. The van der Waals surface area contributed by atoms with Crippen molar-refractivity contribution in [2.24, 2.45) is 0 Å². The Kier molecular flexibility index (Phi) is 5.12. The Balaban J connectivity index is 1.96. The number of hydrogen-bond acceptors (Lipinski definition) is 7. The van der Waals surface area contributed by atoms with Crippen LogP contribution in [-0.2, 0) is 6.67 Å². The van der Waals surface area contributed by atoms with Gasteiger partial charge in [0.1, 0.15) is 23.8 Å². The maximum atomic E-state index is 13.1. The van der Waals surface area contributed by atoms with Crippen LogP contribution in [0.5, 0.6) is 11.5 Å². The van der Waals surface area contributed by atoms with Crippen LogP contribution in [0.4, 0.5) is 10.2 Å². The van der Waals surface area contributed by atoms with Crippen molar-refractivity contribution in [1.82, 2.24) is 19.5 Å². The van der Waals surface area contributed by atoms with Crippen LogP contribution in [0.25, 0.3) is 28.1 Å². The number of H-pyrrole nitrogens is 1. The van der Waals surface area contributed by atoms with Crippen LogP contribution in [0, 0.1) is 0 Å². The molecular weight excluding hydrogens is 405 g/mol. The van der Waals surface area contributed by atoms with Gasteiger partial charge in [0, 0.05) is 5.56 Å². The van der Waals surface area contributed by atoms with Crippen LogP contribution in [-0.4, -0.2) is 33.7 Å². The summed E-state index contributed by atoms with van der Waals surface area (Å²) in [5, 5.41) is 0. The molecule has 4 aromatic rings. The van der Waals surface area contributed by atoms with Gasteiger partial charge in [-0.3, -0.25) is 4.79 Å². The van der Waals surface area contributed by atoms with E-state index in [-0.39, 0.29) is 22.7 Å². The number of nitrogens with zero attached hydrogens (tertiary/aromatic N) is 3. The molecule has 2 aromatic carbocycles. The van der Waals surface area contributed by atoms with Gasteiger partial charge in [0.05, 0.1) is 19.9 Å². The average molecular weight is 423 g/mol.